The number of hydrogen-bond donors (Lipinski definition) is 1. The fraction of sp³-hybridized carbons (Fsp3) is 0.538. The van der Waals surface area contributed by atoms with Crippen LogP contribution in [-0.2, 0) is 16.3 Å². The highest BCUT2D eigenvalue weighted by molar-refractivity contribution is 7.90. The molecule has 3 nitrogen and oxygen atoms in total. The van der Waals surface area contributed by atoms with Crippen LogP contribution < -0.4 is 0 Å². The van der Waals surface area contributed by atoms with Gasteiger partial charge in [-0.15, -0.1) is 0 Å². The van der Waals surface area contributed by atoms with Crippen LogP contribution in [0.3, 0.4) is 0 Å². The molecule has 1 aromatic carbocycles. The Balaban J connectivity index is 2.16. The Bertz CT molecular complexity index is 412. The van der Waals surface area contributed by atoms with Crippen LogP contribution >= 0.6 is 0 Å². The second kappa shape index (κ2) is 6.77. The Hall–Kier alpha value is -0.870. The fourth-order valence-electron chi connectivity index (χ4n) is 1.79. The molecule has 1 rings (SSSR count). The van der Waals surface area contributed by atoms with Gasteiger partial charge in [-0.05, 0) is 24.8 Å². The fourth-order valence-corrected chi connectivity index (χ4v) is 2.65. The average molecular weight is 256 g/mol. The smallest absolute Gasteiger partial charge is 0.149 e. The van der Waals surface area contributed by atoms with Crippen LogP contribution in [0.1, 0.15) is 24.8 Å². The summed E-state index contributed by atoms with van der Waals surface area (Å²) in [5.41, 5.74) is 1.28. The molecule has 0 aromatic heterocycles. The standard InChI is InChI=1S/C13H20O3S/c1-17(15,16)11-13(14)10-6-5-9-12-7-3-2-4-8-12/h2-4,7-8,13-14H,5-6,9-11H2,1H3/t13-/m1/s1. The van der Waals surface area contributed by atoms with Gasteiger partial charge in [0.25, 0.3) is 0 Å². The normalized spacial score (nSPS) is 13.5. The Labute approximate surface area is 103 Å². The van der Waals surface area contributed by atoms with E-state index in [0.717, 1.165) is 25.5 Å². The predicted molar refractivity (Wildman–Crippen MR) is 69.7 cm³/mol. The molecule has 96 valence electrons. The molecule has 0 saturated carbocycles. The van der Waals surface area contributed by atoms with Crippen molar-refractivity contribution in [3.05, 3.63) is 35.9 Å². The number of aliphatic hydroxyl groups is 1. The summed E-state index contributed by atoms with van der Waals surface area (Å²) >= 11 is 0. The van der Waals surface area contributed by atoms with Crippen LogP contribution in [0.25, 0.3) is 0 Å². The first-order valence-corrected chi connectivity index (χ1v) is 7.93. The van der Waals surface area contributed by atoms with Gasteiger partial charge in [-0.2, -0.15) is 0 Å². The highest BCUT2D eigenvalue weighted by atomic mass is 32.2. The summed E-state index contributed by atoms with van der Waals surface area (Å²) in [4.78, 5) is 0. The Morgan fingerprint density at radius 2 is 1.82 bits per heavy atom. The van der Waals surface area contributed by atoms with Crippen molar-refractivity contribution in [1.82, 2.24) is 0 Å². The number of aryl methyl sites for hydroxylation is 1. The molecule has 0 amide bonds. The van der Waals surface area contributed by atoms with Crippen molar-refractivity contribution in [2.45, 2.75) is 31.8 Å². The van der Waals surface area contributed by atoms with E-state index < -0.39 is 15.9 Å². The Morgan fingerprint density at radius 1 is 1.18 bits per heavy atom. The molecule has 0 spiro atoms. The van der Waals surface area contributed by atoms with E-state index in [4.69, 9.17) is 0 Å². The van der Waals surface area contributed by atoms with Gasteiger partial charge in [0.05, 0.1) is 11.9 Å². The van der Waals surface area contributed by atoms with E-state index in [1.54, 1.807) is 0 Å². The second-order valence-corrected chi connectivity index (χ2v) is 6.66. The summed E-state index contributed by atoms with van der Waals surface area (Å²) in [5.74, 6) is -0.127. The molecule has 1 atom stereocenters. The van der Waals surface area contributed by atoms with Crippen molar-refractivity contribution in [1.29, 1.82) is 0 Å². The number of hydrogen-bond acceptors (Lipinski definition) is 3. The van der Waals surface area contributed by atoms with Crippen molar-refractivity contribution in [3.8, 4) is 0 Å². The maximum atomic E-state index is 10.9. The molecule has 0 aliphatic carbocycles. The van der Waals surface area contributed by atoms with Gasteiger partial charge >= 0.3 is 0 Å². The van der Waals surface area contributed by atoms with Gasteiger partial charge in [0, 0.05) is 6.26 Å². The zero-order valence-electron chi connectivity index (χ0n) is 10.2. The second-order valence-electron chi connectivity index (χ2n) is 4.48. The quantitative estimate of drug-likeness (QED) is 0.757. The van der Waals surface area contributed by atoms with Gasteiger partial charge in [-0.3, -0.25) is 0 Å². The van der Waals surface area contributed by atoms with Crippen LogP contribution in [0.15, 0.2) is 30.3 Å². The first-order chi connectivity index (χ1) is 7.97. The molecule has 0 aliphatic heterocycles. The third-order valence-electron chi connectivity index (χ3n) is 2.59. The zero-order valence-corrected chi connectivity index (χ0v) is 11.0. The lowest BCUT2D eigenvalue weighted by atomic mass is 10.1. The van der Waals surface area contributed by atoms with Crippen LogP contribution in [0.2, 0.25) is 0 Å². The Morgan fingerprint density at radius 3 is 2.41 bits per heavy atom. The third-order valence-corrected chi connectivity index (χ3v) is 3.58. The molecule has 1 N–H and O–H groups in total. The van der Waals surface area contributed by atoms with Crippen molar-refractivity contribution >= 4 is 9.84 Å². The summed E-state index contributed by atoms with van der Waals surface area (Å²) in [7, 11) is -3.06. The summed E-state index contributed by atoms with van der Waals surface area (Å²) in [5, 5.41) is 9.50. The third kappa shape index (κ3) is 7.13. The minimum atomic E-state index is -3.06. The number of sulfone groups is 1. The molecule has 1 aromatic rings. The van der Waals surface area contributed by atoms with E-state index >= 15 is 0 Å². The lowest BCUT2D eigenvalue weighted by molar-refractivity contribution is 0.183. The molecule has 4 heteroatoms. The van der Waals surface area contributed by atoms with E-state index in [2.05, 4.69) is 12.1 Å². The van der Waals surface area contributed by atoms with Crippen LogP contribution in [0, 0.1) is 0 Å². The SMILES string of the molecule is CS(=O)(=O)C[C@H](O)CCCCc1ccccc1. The van der Waals surface area contributed by atoms with Gasteiger partial charge in [-0.1, -0.05) is 36.8 Å². The minimum Gasteiger partial charge on any atom is -0.392 e. The Kier molecular flexibility index (Phi) is 5.65. The highest BCUT2D eigenvalue weighted by Crippen LogP contribution is 2.08. The topological polar surface area (TPSA) is 54.4 Å². The van der Waals surface area contributed by atoms with Crippen molar-refractivity contribution in [2.24, 2.45) is 0 Å². The van der Waals surface area contributed by atoms with Gasteiger partial charge < -0.3 is 5.11 Å². The molecular formula is C13H20O3S. The maximum absolute atomic E-state index is 10.9. The molecule has 0 aliphatic rings. The van der Waals surface area contributed by atoms with E-state index in [9.17, 15) is 13.5 Å². The molecule has 0 radical (unpaired) electrons. The number of rotatable bonds is 7. The summed E-state index contributed by atoms with van der Waals surface area (Å²) in [6.07, 6.45) is 3.80. The van der Waals surface area contributed by atoms with Crippen LogP contribution in [0.5, 0.6) is 0 Å². The molecule has 0 fully saturated rings. The van der Waals surface area contributed by atoms with Gasteiger partial charge in [0.15, 0.2) is 0 Å². The first-order valence-electron chi connectivity index (χ1n) is 5.87. The predicted octanol–water partition coefficient (Wildman–Crippen LogP) is 1.80. The molecular weight excluding hydrogens is 236 g/mol. The molecule has 0 unspecified atom stereocenters. The monoisotopic (exact) mass is 256 g/mol. The first kappa shape index (κ1) is 14.2. The summed E-state index contributed by atoms with van der Waals surface area (Å²) in [6, 6.07) is 10.2. The molecule has 0 heterocycles. The molecule has 17 heavy (non-hydrogen) atoms. The lowest BCUT2D eigenvalue weighted by Gasteiger charge is -2.08. The lowest BCUT2D eigenvalue weighted by Crippen LogP contribution is -2.19. The largest absolute Gasteiger partial charge is 0.392 e. The average Bonchev–Trinajstić information content (AvgIpc) is 2.23. The van der Waals surface area contributed by atoms with Crippen molar-refractivity contribution < 1.29 is 13.5 Å². The molecule has 0 bridgehead atoms. The van der Waals surface area contributed by atoms with E-state index in [1.165, 1.54) is 5.56 Å². The van der Waals surface area contributed by atoms with Crippen LogP contribution in [0.4, 0.5) is 0 Å². The number of aliphatic hydroxyl groups excluding tert-OH is 1. The van der Waals surface area contributed by atoms with Crippen LogP contribution in [-0.4, -0.2) is 31.6 Å². The van der Waals surface area contributed by atoms with E-state index in [-0.39, 0.29) is 5.75 Å². The van der Waals surface area contributed by atoms with E-state index in [1.807, 2.05) is 18.2 Å². The van der Waals surface area contributed by atoms with E-state index in [0.29, 0.717) is 6.42 Å². The zero-order chi connectivity index (χ0) is 12.7. The van der Waals surface area contributed by atoms with Gasteiger partial charge in [0.1, 0.15) is 9.84 Å². The number of benzene rings is 1. The van der Waals surface area contributed by atoms with Crippen molar-refractivity contribution in [2.75, 3.05) is 12.0 Å². The highest BCUT2D eigenvalue weighted by Gasteiger charge is 2.11. The maximum Gasteiger partial charge on any atom is 0.149 e. The van der Waals surface area contributed by atoms with Gasteiger partial charge in [-0.25, -0.2) is 8.42 Å². The summed E-state index contributed by atoms with van der Waals surface area (Å²) in [6.45, 7) is 0. The number of unbranched alkanes of at least 4 members (excludes halogenated alkanes) is 1. The summed E-state index contributed by atoms with van der Waals surface area (Å²) < 4.78 is 21.9. The minimum absolute atomic E-state index is 0.127. The van der Waals surface area contributed by atoms with Gasteiger partial charge in [0.2, 0.25) is 0 Å². The molecule has 0 saturated heterocycles. The van der Waals surface area contributed by atoms with Crippen molar-refractivity contribution in [3.63, 3.8) is 0 Å².